The summed E-state index contributed by atoms with van der Waals surface area (Å²) in [5.41, 5.74) is 3.63. The Bertz CT molecular complexity index is 1250. The number of thiophene rings is 1. The molecule has 174 valence electrons. The van der Waals surface area contributed by atoms with Gasteiger partial charge in [0.25, 0.3) is 11.8 Å². The number of amides is 2. The van der Waals surface area contributed by atoms with E-state index in [0.717, 1.165) is 58.3 Å². The number of carbonyl (C=O) groups is 2. The van der Waals surface area contributed by atoms with Crippen molar-refractivity contribution >= 4 is 34.7 Å². The van der Waals surface area contributed by atoms with Crippen LogP contribution in [0.25, 0.3) is 10.4 Å². The summed E-state index contributed by atoms with van der Waals surface area (Å²) in [5.74, 6) is 0.785. The van der Waals surface area contributed by atoms with Crippen molar-refractivity contribution in [3.8, 4) is 10.4 Å². The Morgan fingerprint density at radius 2 is 1.88 bits per heavy atom. The lowest BCUT2D eigenvalue weighted by Crippen LogP contribution is -2.37. The highest BCUT2D eigenvalue weighted by Gasteiger charge is 2.29. The average molecular weight is 475 g/mol. The zero-order valence-corrected chi connectivity index (χ0v) is 19.6. The maximum Gasteiger partial charge on any atom is 0.261 e. The Labute approximate surface area is 202 Å². The van der Waals surface area contributed by atoms with Crippen LogP contribution in [0.2, 0.25) is 0 Å². The van der Waals surface area contributed by atoms with Crippen molar-refractivity contribution in [2.45, 2.75) is 25.3 Å². The fourth-order valence-electron chi connectivity index (χ4n) is 4.58. The van der Waals surface area contributed by atoms with E-state index in [-0.39, 0.29) is 11.8 Å². The SMILES string of the molecule is O=C(NC1CC1)c1cc2c(s1)-c1ccccc1N(C(=O)c1ccnc(N3CCOCC3)c1)CC2. The number of morpholine rings is 1. The van der Waals surface area contributed by atoms with Gasteiger partial charge in [0.15, 0.2) is 0 Å². The first-order valence-electron chi connectivity index (χ1n) is 11.8. The lowest BCUT2D eigenvalue weighted by molar-refractivity contribution is 0.0953. The van der Waals surface area contributed by atoms with E-state index in [0.29, 0.717) is 37.8 Å². The first-order valence-corrected chi connectivity index (χ1v) is 12.6. The third-order valence-electron chi connectivity index (χ3n) is 6.56. The van der Waals surface area contributed by atoms with Gasteiger partial charge >= 0.3 is 0 Å². The Balaban J connectivity index is 1.31. The van der Waals surface area contributed by atoms with Crippen molar-refractivity contribution in [2.24, 2.45) is 0 Å². The summed E-state index contributed by atoms with van der Waals surface area (Å²) < 4.78 is 5.45. The molecule has 2 amide bonds. The average Bonchev–Trinajstić information content (AvgIpc) is 3.63. The number of rotatable bonds is 4. The van der Waals surface area contributed by atoms with Gasteiger partial charge in [0.05, 0.1) is 23.8 Å². The topological polar surface area (TPSA) is 74.8 Å². The summed E-state index contributed by atoms with van der Waals surface area (Å²) in [5, 5.41) is 3.09. The van der Waals surface area contributed by atoms with Gasteiger partial charge in [-0.2, -0.15) is 0 Å². The summed E-state index contributed by atoms with van der Waals surface area (Å²) >= 11 is 1.52. The molecule has 0 atom stereocenters. The molecule has 4 heterocycles. The normalized spacial score (nSPS) is 17.5. The van der Waals surface area contributed by atoms with Crippen molar-refractivity contribution in [2.75, 3.05) is 42.6 Å². The lowest BCUT2D eigenvalue weighted by atomic mass is 10.1. The molecule has 7 nitrogen and oxygen atoms in total. The minimum atomic E-state index is -0.0359. The lowest BCUT2D eigenvalue weighted by Gasteiger charge is -2.28. The number of hydrogen-bond acceptors (Lipinski definition) is 6. The zero-order chi connectivity index (χ0) is 23.1. The van der Waals surface area contributed by atoms with Crippen LogP contribution in [0.15, 0.2) is 48.7 Å². The second kappa shape index (κ2) is 8.85. The van der Waals surface area contributed by atoms with Gasteiger partial charge in [-0.05, 0) is 49.1 Å². The predicted octanol–water partition coefficient (Wildman–Crippen LogP) is 3.74. The number of benzene rings is 1. The molecule has 1 aliphatic carbocycles. The molecule has 0 spiro atoms. The van der Waals surface area contributed by atoms with Crippen molar-refractivity contribution in [1.82, 2.24) is 10.3 Å². The third kappa shape index (κ3) is 4.08. The molecule has 2 fully saturated rings. The Kier molecular flexibility index (Phi) is 5.55. The molecule has 3 aromatic rings. The van der Waals surface area contributed by atoms with Crippen molar-refractivity contribution in [1.29, 1.82) is 0 Å². The van der Waals surface area contributed by atoms with Crippen molar-refractivity contribution in [3.05, 3.63) is 64.7 Å². The number of para-hydroxylation sites is 1. The van der Waals surface area contributed by atoms with E-state index in [1.165, 1.54) is 11.3 Å². The summed E-state index contributed by atoms with van der Waals surface area (Å²) in [6.45, 7) is 3.44. The molecule has 0 radical (unpaired) electrons. The Hall–Kier alpha value is -3.23. The third-order valence-corrected chi connectivity index (χ3v) is 7.77. The molecule has 1 saturated heterocycles. The van der Waals surface area contributed by atoms with E-state index in [1.807, 2.05) is 41.3 Å². The van der Waals surface area contributed by atoms with Crippen LogP contribution in [0, 0.1) is 0 Å². The molecule has 1 N–H and O–H groups in total. The number of nitrogens with zero attached hydrogens (tertiary/aromatic N) is 3. The molecular weight excluding hydrogens is 448 g/mol. The molecule has 34 heavy (non-hydrogen) atoms. The van der Waals surface area contributed by atoms with E-state index in [9.17, 15) is 9.59 Å². The summed E-state index contributed by atoms with van der Waals surface area (Å²) in [6.07, 6.45) is 4.55. The summed E-state index contributed by atoms with van der Waals surface area (Å²) in [4.78, 5) is 36.7. The number of aromatic nitrogens is 1. The first kappa shape index (κ1) is 21.3. The number of anilines is 2. The van der Waals surface area contributed by atoms with E-state index in [2.05, 4.69) is 15.2 Å². The van der Waals surface area contributed by atoms with Gasteiger partial charge in [0.1, 0.15) is 5.82 Å². The van der Waals surface area contributed by atoms with Crippen LogP contribution in [-0.2, 0) is 11.2 Å². The van der Waals surface area contributed by atoms with Crippen molar-refractivity contribution in [3.63, 3.8) is 0 Å². The maximum atomic E-state index is 13.7. The molecule has 2 aromatic heterocycles. The summed E-state index contributed by atoms with van der Waals surface area (Å²) in [7, 11) is 0. The molecule has 0 bridgehead atoms. The van der Waals surface area contributed by atoms with Gasteiger partial charge in [-0.25, -0.2) is 4.98 Å². The highest BCUT2D eigenvalue weighted by molar-refractivity contribution is 7.17. The number of hydrogen-bond donors (Lipinski definition) is 1. The van der Waals surface area contributed by atoms with E-state index in [1.54, 1.807) is 12.3 Å². The molecule has 8 heteroatoms. The molecule has 6 rings (SSSR count). The standard InChI is InChI=1S/C26H26N4O3S/c31-25(28-19-5-6-19)22-15-17-8-10-30(21-4-2-1-3-20(21)24(17)34-22)26(32)18-7-9-27-23(16-18)29-11-13-33-14-12-29/h1-4,7,9,15-16,19H,5-6,8,10-14H2,(H,28,31). The summed E-state index contributed by atoms with van der Waals surface area (Å²) in [6, 6.07) is 14.0. The molecule has 1 aromatic carbocycles. The van der Waals surface area contributed by atoms with E-state index >= 15 is 0 Å². The zero-order valence-electron chi connectivity index (χ0n) is 18.8. The van der Waals surface area contributed by atoms with Gasteiger partial charge < -0.3 is 19.9 Å². The van der Waals surface area contributed by atoms with Gasteiger partial charge in [0, 0.05) is 47.9 Å². The molecule has 3 aliphatic rings. The van der Waals surface area contributed by atoms with Gasteiger partial charge in [-0.3, -0.25) is 9.59 Å². The number of fused-ring (bicyclic) bond motifs is 3. The van der Waals surface area contributed by atoms with Crippen LogP contribution >= 0.6 is 11.3 Å². The van der Waals surface area contributed by atoms with Gasteiger partial charge in [0.2, 0.25) is 0 Å². The van der Waals surface area contributed by atoms with E-state index < -0.39 is 0 Å². The van der Waals surface area contributed by atoms with E-state index in [4.69, 9.17) is 4.74 Å². The van der Waals surface area contributed by atoms with Crippen LogP contribution in [0.1, 0.15) is 38.4 Å². The Morgan fingerprint density at radius 3 is 2.71 bits per heavy atom. The number of pyridine rings is 1. The predicted molar refractivity (Wildman–Crippen MR) is 133 cm³/mol. The van der Waals surface area contributed by atoms with Crippen LogP contribution in [-0.4, -0.2) is 55.7 Å². The van der Waals surface area contributed by atoms with Crippen molar-refractivity contribution < 1.29 is 14.3 Å². The minimum Gasteiger partial charge on any atom is -0.378 e. The first-order chi connectivity index (χ1) is 16.7. The van der Waals surface area contributed by atoms with Crippen LogP contribution < -0.4 is 15.1 Å². The Morgan fingerprint density at radius 1 is 1.06 bits per heavy atom. The number of nitrogens with one attached hydrogen (secondary N) is 1. The second-order valence-electron chi connectivity index (χ2n) is 8.94. The monoisotopic (exact) mass is 474 g/mol. The quantitative estimate of drug-likeness (QED) is 0.624. The van der Waals surface area contributed by atoms with Gasteiger partial charge in [-0.15, -0.1) is 11.3 Å². The number of carbonyl (C=O) groups excluding carboxylic acids is 2. The number of ether oxygens (including phenoxy) is 1. The smallest absolute Gasteiger partial charge is 0.261 e. The fraction of sp³-hybridized carbons (Fsp3) is 0.346. The largest absolute Gasteiger partial charge is 0.378 e. The minimum absolute atomic E-state index is 0.0124. The second-order valence-corrected chi connectivity index (χ2v) is 9.99. The fourth-order valence-corrected chi connectivity index (χ4v) is 5.72. The highest BCUT2D eigenvalue weighted by Crippen LogP contribution is 2.42. The van der Waals surface area contributed by atoms with Crippen LogP contribution in [0.3, 0.4) is 0 Å². The highest BCUT2D eigenvalue weighted by atomic mass is 32.1. The van der Waals surface area contributed by atoms with Gasteiger partial charge in [-0.1, -0.05) is 18.2 Å². The maximum absolute atomic E-state index is 13.7. The molecular formula is C26H26N4O3S. The van der Waals surface area contributed by atoms with Crippen LogP contribution in [0.5, 0.6) is 0 Å². The molecule has 1 saturated carbocycles. The molecule has 0 unspecified atom stereocenters. The molecule has 2 aliphatic heterocycles. The van der Waals surface area contributed by atoms with Crippen LogP contribution in [0.4, 0.5) is 11.5 Å².